The lowest BCUT2D eigenvalue weighted by Gasteiger charge is -2.13. The summed E-state index contributed by atoms with van der Waals surface area (Å²) in [4.78, 5) is 2.39. The molecule has 1 rings (SSSR count). The van der Waals surface area contributed by atoms with Crippen LogP contribution in [0.2, 0.25) is 0 Å². The lowest BCUT2D eigenvalue weighted by molar-refractivity contribution is -0.806. The fourth-order valence-corrected chi connectivity index (χ4v) is 1.09. The first-order valence-electron chi connectivity index (χ1n) is 4.02. The Bertz CT molecular complexity index is 255. The van der Waals surface area contributed by atoms with Crippen LogP contribution in [0.15, 0.2) is 4.63 Å². The number of hydrogen-bond acceptors (Lipinski definition) is 4. The third kappa shape index (κ3) is 1.34. The lowest BCUT2D eigenvalue weighted by Crippen LogP contribution is -2.29. The van der Waals surface area contributed by atoms with Gasteiger partial charge < -0.3 is 10.1 Å². The van der Waals surface area contributed by atoms with Crippen LogP contribution in [0.25, 0.3) is 0 Å². The molecule has 0 aliphatic carbocycles. The van der Waals surface area contributed by atoms with E-state index in [0.717, 1.165) is 13.1 Å². The Labute approximate surface area is 71.1 Å². The van der Waals surface area contributed by atoms with Gasteiger partial charge in [0.25, 0.3) is 0 Å². The molecule has 0 radical (unpaired) electrons. The van der Waals surface area contributed by atoms with Crippen LogP contribution in [0.4, 0.5) is 5.82 Å². The first kappa shape index (κ1) is 8.83. The number of nitrogens with zero attached hydrogens (tertiary/aromatic N) is 3. The largest absolute Gasteiger partial charge is 0.359 e. The van der Waals surface area contributed by atoms with Crippen LogP contribution < -0.4 is 9.80 Å². The van der Waals surface area contributed by atoms with Crippen LogP contribution in [0.1, 0.15) is 19.5 Å². The van der Waals surface area contributed by atoms with Crippen molar-refractivity contribution in [2.45, 2.75) is 20.8 Å². The molecule has 0 unspecified atom stereocenters. The van der Waals surface area contributed by atoms with Crippen molar-refractivity contribution in [3.63, 3.8) is 0 Å². The summed E-state index contributed by atoms with van der Waals surface area (Å²) >= 11 is 0. The van der Waals surface area contributed by atoms with Gasteiger partial charge in [-0.05, 0) is 18.8 Å². The number of aromatic nitrogens is 2. The van der Waals surface area contributed by atoms with Crippen molar-refractivity contribution in [3.8, 4) is 0 Å². The Morgan fingerprint density at radius 1 is 1.50 bits per heavy atom. The van der Waals surface area contributed by atoms with Gasteiger partial charge in [-0.15, -0.1) is 0 Å². The molecule has 0 aliphatic heterocycles. The van der Waals surface area contributed by atoms with Gasteiger partial charge >= 0.3 is 5.82 Å². The van der Waals surface area contributed by atoms with Gasteiger partial charge in [0.05, 0.1) is 5.16 Å². The number of anilines is 1. The first-order chi connectivity index (χ1) is 5.70. The molecular formula is C7H13N3O2. The van der Waals surface area contributed by atoms with Gasteiger partial charge in [-0.2, -0.15) is 0 Å². The molecule has 0 atom stereocenters. The zero-order valence-corrected chi connectivity index (χ0v) is 7.57. The fourth-order valence-electron chi connectivity index (χ4n) is 1.09. The third-order valence-electron chi connectivity index (χ3n) is 1.86. The van der Waals surface area contributed by atoms with Crippen molar-refractivity contribution < 1.29 is 9.53 Å². The maximum absolute atomic E-state index is 10.8. The minimum absolute atomic E-state index is 0.424. The average Bonchev–Trinajstić information content (AvgIpc) is 2.38. The van der Waals surface area contributed by atoms with Gasteiger partial charge in [0.15, 0.2) is 0 Å². The topological polar surface area (TPSA) is 56.2 Å². The maximum atomic E-state index is 10.8. The van der Waals surface area contributed by atoms with Crippen LogP contribution in [-0.4, -0.2) is 18.2 Å². The fraction of sp³-hybridized carbons (Fsp3) is 0.714. The first-order valence-corrected chi connectivity index (χ1v) is 4.02. The van der Waals surface area contributed by atoms with Crippen molar-refractivity contribution in [2.75, 3.05) is 18.0 Å². The van der Waals surface area contributed by atoms with E-state index >= 15 is 0 Å². The van der Waals surface area contributed by atoms with Crippen LogP contribution in [0.3, 0.4) is 0 Å². The molecule has 0 spiro atoms. The summed E-state index contributed by atoms with van der Waals surface area (Å²) in [7, 11) is 0. The van der Waals surface area contributed by atoms with E-state index < -0.39 is 0 Å². The SMILES string of the molecule is CCN(CC)c1no[n+]([O-])c1C. The Kier molecular flexibility index (Phi) is 2.52. The van der Waals surface area contributed by atoms with E-state index in [2.05, 4.69) is 9.79 Å². The minimum atomic E-state index is 0.424. The number of rotatable bonds is 3. The second kappa shape index (κ2) is 3.42. The molecule has 0 fully saturated rings. The molecule has 0 aliphatic rings. The van der Waals surface area contributed by atoms with Crippen LogP contribution >= 0.6 is 0 Å². The maximum Gasteiger partial charge on any atom is 0.312 e. The summed E-state index contributed by atoms with van der Waals surface area (Å²) in [6, 6.07) is 0. The monoisotopic (exact) mass is 171 g/mol. The summed E-state index contributed by atoms with van der Waals surface area (Å²) in [6.45, 7) is 7.35. The summed E-state index contributed by atoms with van der Waals surface area (Å²) in [6.07, 6.45) is 0. The highest BCUT2D eigenvalue weighted by atomic mass is 16.8. The highest BCUT2D eigenvalue weighted by molar-refractivity contribution is 5.38. The van der Waals surface area contributed by atoms with E-state index in [1.807, 2.05) is 18.7 Å². The van der Waals surface area contributed by atoms with Crippen molar-refractivity contribution in [1.29, 1.82) is 0 Å². The smallest absolute Gasteiger partial charge is 0.312 e. The van der Waals surface area contributed by atoms with Crippen molar-refractivity contribution in [3.05, 3.63) is 10.9 Å². The summed E-state index contributed by atoms with van der Waals surface area (Å²) in [5.74, 6) is 0.634. The Morgan fingerprint density at radius 2 is 2.08 bits per heavy atom. The van der Waals surface area contributed by atoms with E-state index in [1.54, 1.807) is 6.92 Å². The second-order valence-corrected chi connectivity index (χ2v) is 2.51. The Morgan fingerprint density at radius 3 is 2.42 bits per heavy atom. The number of hydrogen-bond donors (Lipinski definition) is 0. The molecule has 0 bridgehead atoms. The van der Waals surface area contributed by atoms with Gasteiger partial charge in [-0.3, -0.25) is 4.63 Å². The van der Waals surface area contributed by atoms with E-state index in [1.165, 1.54) is 0 Å². The minimum Gasteiger partial charge on any atom is -0.359 e. The quantitative estimate of drug-likeness (QED) is 0.620. The van der Waals surface area contributed by atoms with E-state index in [-0.39, 0.29) is 0 Å². The molecule has 68 valence electrons. The molecule has 5 heteroatoms. The van der Waals surface area contributed by atoms with Crippen LogP contribution in [0.5, 0.6) is 0 Å². The third-order valence-corrected chi connectivity index (χ3v) is 1.86. The zero-order valence-electron chi connectivity index (χ0n) is 7.57. The summed E-state index contributed by atoms with van der Waals surface area (Å²) in [5, 5.41) is 14.5. The van der Waals surface area contributed by atoms with Gasteiger partial charge in [-0.1, -0.05) is 0 Å². The molecular weight excluding hydrogens is 158 g/mol. The molecule has 0 N–H and O–H groups in total. The molecule has 1 aromatic rings. The predicted octanol–water partition coefficient (Wildman–Crippen LogP) is 0.463. The van der Waals surface area contributed by atoms with Gasteiger partial charge in [0, 0.05) is 20.0 Å². The summed E-state index contributed by atoms with van der Waals surface area (Å²) < 4.78 is 4.45. The second-order valence-electron chi connectivity index (χ2n) is 2.51. The predicted molar refractivity (Wildman–Crippen MR) is 43.8 cm³/mol. The van der Waals surface area contributed by atoms with Gasteiger partial charge in [-0.25, -0.2) is 0 Å². The van der Waals surface area contributed by atoms with Crippen molar-refractivity contribution in [2.24, 2.45) is 0 Å². The molecule has 0 saturated heterocycles. The van der Waals surface area contributed by atoms with E-state index in [4.69, 9.17) is 0 Å². The van der Waals surface area contributed by atoms with Crippen LogP contribution in [0, 0.1) is 12.1 Å². The molecule has 1 aromatic heterocycles. The zero-order chi connectivity index (χ0) is 9.14. The van der Waals surface area contributed by atoms with E-state index in [0.29, 0.717) is 16.4 Å². The van der Waals surface area contributed by atoms with Gasteiger partial charge in [0.2, 0.25) is 5.69 Å². The molecule has 0 amide bonds. The van der Waals surface area contributed by atoms with Crippen molar-refractivity contribution >= 4 is 5.82 Å². The van der Waals surface area contributed by atoms with E-state index in [9.17, 15) is 5.21 Å². The van der Waals surface area contributed by atoms with Crippen LogP contribution in [-0.2, 0) is 0 Å². The molecule has 0 saturated carbocycles. The average molecular weight is 171 g/mol. The highest BCUT2D eigenvalue weighted by Crippen LogP contribution is 2.11. The Hall–Kier alpha value is -1.26. The summed E-state index contributed by atoms with van der Waals surface area (Å²) in [5.41, 5.74) is 0.513. The molecule has 1 heterocycles. The molecule has 5 nitrogen and oxygen atoms in total. The lowest BCUT2D eigenvalue weighted by atomic mass is 10.4. The van der Waals surface area contributed by atoms with Gasteiger partial charge in [0.1, 0.15) is 0 Å². The molecule has 0 aromatic carbocycles. The normalized spacial score (nSPS) is 10.2. The standard InChI is InChI=1S/C7H13N3O2/c1-4-9(5-2)7-6(3)10(11)12-8-7/h4-5H2,1-3H3. The Balaban J connectivity index is 2.93. The highest BCUT2D eigenvalue weighted by Gasteiger charge is 2.18. The molecule has 12 heavy (non-hydrogen) atoms. The van der Waals surface area contributed by atoms with Crippen molar-refractivity contribution in [1.82, 2.24) is 5.16 Å².